The highest BCUT2D eigenvalue weighted by atomic mass is 16.3. The molecule has 102 valence electrons. The molecular formula is C15H26N2O. The lowest BCUT2D eigenvalue weighted by molar-refractivity contribution is 0.100. The Hall–Kier alpha value is -0.800. The van der Waals surface area contributed by atoms with E-state index < -0.39 is 0 Å². The Kier molecular flexibility index (Phi) is 4.46. The molecule has 1 aromatic rings. The van der Waals surface area contributed by atoms with Crippen molar-refractivity contribution in [3.8, 4) is 0 Å². The quantitative estimate of drug-likeness (QED) is 0.871. The van der Waals surface area contributed by atoms with Crippen LogP contribution in [-0.4, -0.2) is 36.1 Å². The third kappa shape index (κ3) is 3.36. The minimum atomic E-state index is 0.289. The summed E-state index contributed by atoms with van der Waals surface area (Å²) in [6.45, 7) is 10.4. The van der Waals surface area contributed by atoms with E-state index in [0.29, 0.717) is 6.04 Å². The summed E-state index contributed by atoms with van der Waals surface area (Å²) in [5.41, 5.74) is 0.289. The van der Waals surface area contributed by atoms with E-state index in [-0.39, 0.29) is 5.54 Å². The van der Waals surface area contributed by atoms with E-state index in [9.17, 15) is 0 Å². The maximum absolute atomic E-state index is 5.40. The Morgan fingerprint density at radius 3 is 3.06 bits per heavy atom. The molecule has 1 aliphatic heterocycles. The first-order chi connectivity index (χ1) is 8.63. The maximum Gasteiger partial charge on any atom is 0.103 e. The molecular weight excluding hydrogens is 224 g/mol. The van der Waals surface area contributed by atoms with Crippen molar-refractivity contribution in [3.63, 3.8) is 0 Å². The van der Waals surface area contributed by atoms with Crippen LogP contribution >= 0.6 is 0 Å². The molecule has 0 bridgehead atoms. The van der Waals surface area contributed by atoms with Gasteiger partial charge in [-0.05, 0) is 38.8 Å². The summed E-state index contributed by atoms with van der Waals surface area (Å²) in [4.78, 5) is 2.61. The van der Waals surface area contributed by atoms with E-state index in [4.69, 9.17) is 4.42 Å². The highest BCUT2D eigenvalue weighted by Gasteiger charge is 2.30. The van der Waals surface area contributed by atoms with Gasteiger partial charge in [-0.25, -0.2) is 0 Å². The van der Waals surface area contributed by atoms with Crippen LogP contribution in [0.4, 0.5) is 0 Å². The summed E-state index contributed by atoms with van der Waals surface area (Å²) >= 11 is 0. The zero-order valence-electron chi connectivity index (χ0n) is 11.9. The van der Waals surface area contributed by atoms with Gasteiger partial charge in [0.2, 0.25) is 0 Å². The van der Waals surface area contributed by atoms with E-state index in [0.717, 1.165) is 31.8 Å². The molecule has 2 unspecified atom stereocenters. The molecule has 0 radical (unpaired) electrons. The van der Waals surface area contributed by atoms with Gasteiger partial charge < -0.3 is 9.73 Å². The van der Waals surface area contributed by atoms with Crippen molar-refractivity contribution < 1.29 is 4.42 Å². The van der Waals surface area contributed by atoms with E-state index in [1.807, 2.05) is 6.07 Å². The van der Waals surface area contributed by atoms with Crippen molar-refractivity contribution in [2.45, 2.75) is 51.6 Å². The van der Waals surface area contributed by atoms with E-state index in [1.165, 1.54) is 12.8 Å². The minimum Gasteiger partial charge on any atom is -0.469 e. The molecule has 3 heteroatoms. The average Bonchev–Trinajstić information content (AvgIpc) is 2.89. The van der Waals surface area contributed by atoms with Gasteiger partial charge in [-0.15, -0.1) is 0 Å². The largest absolute Gasteiger partial charge is 0.469 e. The van der Waals surface area contributed by atoms with E-state index in [2.05, 4.69) is 37.1 Å². The lowest BCUT2D eigenvalue weighted by atomic mass is 9.94. The lowest BCUT2D eigenvalue weighted by Gasteiger charge is -2.43. The summed E-state index contributed by atoms with van der Waals surface area (Å²) in [5, 5.41) is 3.64. The summed E-state index contributed by atoms with van der Waals surface area (Å²) in [7, 11) is 0. The second-order valence-electron chi connectivity index (χ2n) is 5.78. The van der Waals surface area contributed by atoms with Gasteiger partial charge in [0.05, 0.1) is 6.26 Å². The Labute approximate surface area is 111 Å². The van der Waals surface area contributed by atoms with Gasteiger partial charge in [-0.1, -0.05) is 6.92 Å². The topological polar surface area (TPSA) is 28.4 Å². The van der Waals surface area contributed by atoms with Crippen LogP contribution in [0.2, 0.25) is 0 Å². The fraction of sp³-hybridized carbons (Fsp3) is 0.733. The predicted molar refractivity (Wildman–Crippen MR) is 74.8 cm³/mol. The first-order valence-electron chi connectivity index (χ1n) is 7.14. The van der Waals surface area contributed by atoms with Gasteiger partial charge >= 0.3 is 0 Å². The van der Waals surface area contributed by atoms with Gasteiger partial charge in [0.1, 0.15) is 5.76 Å². The number of aryl methyl sites for hydroxylation is 1. The van der Waals surface area contributed by atoms with Crippen LogP contribution in [-0.2, 0) is 6.42 Å². The third-order valence-electron chi connectivity index (χ3n) is 4.30. The molecule has 1 fully saturated rings. The van der Waals surface area contributed by atoms with Gasteiger partial charge in [-0.2, -0.15) is 0 Å². The molecule has 0 amide bonds. The molecule has 0 aliphatic carbocycles. The minimum absolute atomic E-state index is 0.289. The van der Waals surface area contributed by atoms with Crippen LogP contribution in [0.15, 0.2) is 22.8 Å². The summed E-state index contributed by atoms with van der Waals surface area (Å²) < 4.78 is 5.40. The average molecular weight is 250 g/mol. The summed E-state index contributed by atoms with van der Waals surface area (Å²) in [6, 6.07) is 4.67. The molecule has 1 saturated heterocycles. The first-order valence-corrected chi connectivity index (χ1v) is 7.14. The van der Waals surface area contributed by atoms with Crippen LogP contribution in [0.3, 0.4) is 0 Å². The maximum atomic E-state index is 5.40. The van der Waals surface area contributed by atoms with Crippen molar-refractivity contribution in [1.82, 2.24) is 10.2 Å². The van der Waals surface area contributed by atoms with Crippen LogP contribution in [0.25, 0.3) is 0 Å². The fourth-order valence-electron chi connectivity index (χ4n) is 2.69. The number of piperazine rings is 1. The predicted octanol–water partition coefficient (Wildman–Crippen LogP) is 2.67. The monoisotopic (exact) mass is 250 g/mol. The Morgan fingerprint density at radius 1 is 1.56 bits per heavy atom. The molecule has 0 aromatic carbocycles. The highest BCUT2D eigenvalue weighted by molar-refractivity contribution is 4.99. The molecule has 3 nitrogen and oxygen atoms in total. The Morgan fingerprint density at radius 2 is 2.39 bits per heavy atom. The normalized spacial score (nSPS) is 27.3. The number of nitrogens with zero attached hydrogens (tertiary/aromatic N) is 1. The molecule has 2 rings (SSSR count). The van der Waals surface area contributed by atoms with Crippen LogP contribution in [0.1, 0.15) is 39.4 Å². The molecule has 1 aromatic heterocycles. The summed E-state index contributed by atoms with van der Waals surface area (Å²) in [5.74, 6) is 1.11. The van der Waals surface area contributed by atoms with E-state index in [1.54, 1.807) is 6.26 Å². The van der Waals surface area contributed by atoms with Crippen LogP contribution in [0, 0.1) is 0 Å². The number of rotatable bonds is 5. The molecule has 18 heavy (non-hydrogen) atoms. The smallest absolute Gasteiger partial charge is 0.103 e. The first kappa shape index (κ1) is 13.6. The number of furan rings is 1. The van der Waals surface area contributed by atoms with Crippen molar-refractivity contribution in [3.05, 3.63) is 24.2 Å². The molecule has 1 N–H and O–H groups in total. The number of hydrogen-bond acceptors (Lipinski definition) is 3. The van der Waals surface area contributed by atoms with Gasteiger partial charge in [0.15, 0.2) is 0 Å². The zero-order chi connectivity index (χ0) is 13.0. The van der Waals surface area contributed by atoms with Crippen molar-refractivity contribution in [2.24, 2.45) is 0 Å². The van der Waals surface area contributed by atoms with Crippen molar-refractivity contribution in [1.29, 1.82) is 0 Å². The zero-order valence-corrected chi connectivity index (χ0v) is 11.9. The van der Waals surface area contributed by atoms with Crippen molar-refractivity contribution in [2.75, 3.05) is 19.6 Å². The molecule has 0 saturated carbocycles. The molecule has 0 spiro atoms. The third-order valence-corrected chi connectivity index (χ3v) is 4.30. The van der Waals surface area contributed by atoms with Gasteiger partial charge in [0.25, 0.3) is 0 Å². The standard InChI is InChI=1S/C15H26N2O/c1-4-15(3)12-17(10-9-16-15)13(2)7-8-14-6-5-11-18-14/h5-6,11,13,16H,4,7-10,12H2,1-3H3. The molecule has 2 heterocycles. The van der Waals surface area contributed by atoms with Crippen LogP contribution < -0.4 is 5.32 Å². The molecule has 2 atom stereocenters. The summed E-state index contributed by atoms with van der Waals surface area (Å²) in [6.07, 6.45) is 5.17. The second kappa shape index (κ2) is 5.89. The van der Waals surface area contributed by atoms with Gasteiger partial charge in [-0.3, -0.25) is 4.90 Å². The van der Waals surface area contributed by atoms with Crippen LogP contribution in [0.5, 0.6) is 0 Å². The molecule has 1 aliphatic rings. The lowest BCUT2D eigenvalue weighted by Crippen LogP contribution is -2.60. The highest BCUT2D eigenvalue weighted by Crippen LogP contribution is 2.19. The van der Waals surface area contributed by atoms with Crippen molar-refractivity contribution >= 4 is 0 Å². The van der Waals surface area contributed by atoms with Gasteiger partial charge in [0, 0.05) is 37.6 Å². The number of nitrogens with one attached hydrogen (secondary N) is 1. The SMILES string of the molecule is CCC1(C)CN(C(C)CCc2ccco2)CCN1. The number of hydrogen-bond donors (Lipinski definition) is 1. The fourth-order valence-corrected chi connectivity index (χ4v) is 2.69. The Bertz CT molecular complexity index is 349. The second-order valence-corrected chi connectivity index (χ2v) is 5.78. The Balaban J connectivity index is 1.83. The van der Waals surface area contributed by atoms with E-state index >= 15 is 0 Å².